The normalized spacial score (nSPS) is 35.1. The van der Waals surface area contributed by atoms with E-state index in [1.54, 1.807) is 0 Å². The van der Waals surface area contributed by atoms with Crippen molar-refractivity contribution in [3.8, 4) is 0 Å². The third-order valence-corrected chi connectivity index (χ3v) is 2.36. The second-order valence-electron chi connectivity index (χ2n) is 3.02. The predicted molar refractivity (Wildman–Crippen MR) is 42.7 cm³/mol. The van der Waals surface area contributed by atoms with Crippen LogP contribution in [0.1, 0.15) is 13.3 Å². The van der Waals surface area contributed by atoms with Crippen LogP contribution < -0.4 is 11.5 Å². The van der Waals surface area contributed by atoms with Crippen LogP contribution in [0.5, 0.6) is 0 Å². The fraction of sp³-hybridized carbons (Fsp3) is 1.00. The van der Waals surface area contributed by atoms with Gasteiger partial charge in [-0.2, -0.15) is 0 Å². The topological polar surface area (TPSA) is 55.3 Å². The Balaban J connectivity index is 2.33. The van der Waals surface area contributed by atoms with E-state index in [2.05, 4.69) is 11.8 Å². The van der Waals surface area contributed by atoms with Crippen LogP contribution in [0.4, 0.5) is 0 Å². The molecule has 60 valence electrons. The van der Waals surface area contributed by atoms with E-state index in [-0.39, 0.29) is 0 Å². The standard InChI is InChI=1S/C7H17N3/c1-6-7(9)2-4-10(6)5-3-8/h6-7H,2-5,8-9H2,1H3. The summed E-state index contributed by atoms with van der Waals surface area (Å²) in [6.45, 7) is 5.04. The first-order valence-electron chi connectivity index (χ1n) is 3.95. The molecule has 3 nitrogen and oxygen atoms in total. The van der Waals surface area contributed by atoms with Gasteiger partial charge in [-0.1, -0.05) is 0 Å². The van der Waals surface area contributed by atoms with E-state index in [1.165, 1.54) is 0 Å². The van der Waals surface area contributed by atoms with Crippen molar-refractivity contribution < 1.29 is 0 Å². The van der Waals surface area contributed by atoms with Crippen molar-refractivity contribution in [1.29, 1.82) is 0 Å². The lowest BCUT2D eigenvalue weighted by Crippen LogP contribution is -2.39. The molecule has 0 spiro atoms. The average Bonchev–Trinajstić information content (AvgIpc) is 2.20. The molecule has 3 heteroatoms. The number of hydrogen-bond donors (Lipinski definition) is 2. The molecule has 0 aliphatic carbocycles. The third kappa shape index (κ3) is 1.48. The molecule has 0 aromatic carbocycles. The van der Waals surface area contributed by atoms with Crippen LogP contribution in [0.3, 0.4) is 0 Å². The molecular formula is C7H17N3. The van der Waals surface area contributed by atoms with Gasteiger partial charge in [0.2, 0.25) is 0 Å². The lowest BCUT2D eigenvalue weighted by atomic mass is 10.2. The van der Waals surface area contributed by atoms with Crippen molar-refractivity contribution in [1.82, 2.24) is 4.90 Å². The zero-order chi connectivity index (χ0) is 7.56. The average molecular weight is 143 g/mol. The van der Waals surface area contributed by atoms with Gasteiger partial charge < -0.3 is 11.5 Å². The van der Waals surface area contributed by atoms with Crippen molar-refractivity contribution in [2.24, 2.45) is 11.5 Å². The van der Waals surface area contributed by atoms with Gasteiger partial charge in [-0.05, 0) is 13.3 Å². The van der Waals surface area contributed by atoms with Crippen molar-refractivity contribution in [3.63, 3.8) is 0 Å². The van der Waals surface area contributed by atoms with Gasteiger partial charge in [-0.3, -0.25) is 4.90 Å². The summed E-state index contributed by atoms with van der Waals surface area (Å²) in [4.78, 5) is 2.35. The van der Waals surface area contributed by atoms with E-state index in [9.17, 15) is 0 Å². The quantitative estimate of drug-likeness (QED) is 0.541. The van der Waals surface area contributed by atoms with Gasteiger partial charge in [0.25, 0.3) is 0 Å². The van der Waals surface area contributed by atoms with Gasteiger partial charge in [0.05, 0.1) is 0 Å². The molecule has 1 aliphatic heterocycles. The molecule has 0 saturated carbocycles. The lowest BCUT2D eigenvalue weighted by Gasteiger charge is -2.21. The van der Waals surface area contributed by atoms with E-state index in [4.69, 9.17) is 11.5 Å². The minimum atomic E-state index is 0.367. The maximum Gasteiger partial charge on any atom is 0.0219 e. The molecule has 4 N–H and O–H groups in total. The molecule has 1 fully saturated rings. The molecule has 1 heterocycles. The van der Waals surface area contributed by atoms with E-state index in [0.717, 1.165) is 26.1 Å². The van der Waals surface area contributed by atoms with Crippen molar-refractivity contribution in [2.75, 3.05) is 19.6 Å². The molecule has 10 heavy (non-hydrogen) atoms. The molecule has 2 atom stereocenters. The zero-order valence-electron chi connectivity index (χ0n) is 6.59. The van der Waals surface area contributed by atoms with E-state index in [1.807, 2.05) is 0 Å². The Hall–Kier alpha value is -0.120. The van der Waals surface area contributed by atoms with Crippen LogP contribution in [0.2, 0.25) is 0 Å². The molecule has 1 saturated heterocycles. The smallest absolute Gasteiger partial charge is 0.0219 e. The van der Waals surface area contributed by atoms with Gasteiger partial charge in [-0.15, -0.1) is 0 Å². The highest BCUT2D eigenvalue weighted by Gasteiger charge is 2.26. The van der Waals surface area contributed by atoms with Crippen LogP contribution in [0, 0.1) is 0 Å². The molecule has 0 aromatic rings. The molecular weight excluding hydrogens is 126 g/mol. The van der Waals surface area contributed by atoms with Crippen LogP contribution >= 0.6 is 0 Å². The van der Waals surface area contributed by atoms with Crippen molar-refractivity contribution in [2.45, 2.75) is 25.4 Å². The summed E-state index contributed by atoms with van der Waals surface area (Å²) in [7, 11) is 0. The zero-order valence-corrected chi connectivity index (χ0v) is 6.59. The number of hydrogen-bond acceptors (Lipinski definition) is 3. The van der Waals surface area contributed by atoms with Crippen molar-refractivity contribution in [3.05, 3.63) is 0 Å². The van der Waals surface area contributed by atoms with Crippen LogP contribution in [0.15, 0.2) is 0 Å². The molecule has 0 aromatic heterocycles. The summed E-state index contributed by atoms with van der Waals surface area (Å²) in [5.41, 5.74) is 11.2. The summed E-state index contributed by atoms with van der Waals surface area (Å²) in [6.07, 6.45) is 1.13. The number of nitrogens with two attached hydrogens (primary N) is 2. The van der Waals surface area contributed by atoms with E-state index in [0.29, 0.717) is 12.1 Å². The highest BCUT2D eigenvalue weighted by atomic mass is 15.2. The minimum absolute atomic E-state index is 0.367. The SMILES string of the molecule is CC1C(N)CCN1CCN. The largest absolute Gasteiger partial charge is 0.329 e. The maximum absolute atomic E-state index is 5.82. The van der Waals surface area contributed by atoms with Crippen LogP contribution in [-0.2, 0) is 0 Å². The second kappa shape index (κ2) is 3.32. The Morgan fingerprint density at radius 2 is 2.30 bits per heavy atom. The molecule has 1 aliphatic rings. The van der Waals surface area contributed by atoms with E-state index >= 15 is 0 Å². The van der Waals surface area contributed by atoms with Gasteiger partial charge >= 0.3 is 0 Å². The Labute approximate surface area is 62.4 Å². The number of nitrogens with zero attached hydrogens (tertiary/aromatic N) is 1. The van der Waals surface area contributed by atoms with Gasteiger partial charge in [0.15, 0.2) is 0 Å². The fourth-order valence-electron chi connectivity index (χ4n) is 1.51. The summed E-state index contributed by atoms with van der Waals surface area (Å²) in [5.74, 6) is 0. The maximum atomic E-state index is 5.82. The van der Waals surface area contributed by atoms with E-state index < -0.39 is 0 Å². The molecule has 0 radical (unpaired) electrons. The lowest BCUT2D eigenvalue weighted by molar-refractivity contribution is 0.267. The summed E-state index contributed by atoms with van der Waals surface area (Å²) < 4.78 is 0. The highest BCUT2D eigenvalue weighted by molar-refractivity contribution is 4.86. The van der Waals surface area contributed by atoms with Crippen LogP contribution in [0.25, 0.3) is 0 Å². The Bertz CT molecular complexity index is 103. The predicted octanol–water partition coefficient (Wildman–Crippen LogP) is -0.633. The van der Waals surface area contributed by atoms with Crippen molar-refractivity contribution >= 4 is 0 Å². The number of likely N-dealkylation sites (tertiary alicyclic amines) is 1. The summed E-state index contributed by atoms with van der Waals surface area (Å²) in [6, 6.07) is 0.898. The second-order valence-corrected chi connectivity index (χ2v) is 3.02. The van der Waals surface area contributed by atoms with Gasteiger partial charge in [-0.25, -0.2) is 0 Å². The number of rotatable bonds is 2. The Kier molecular flexibility index (Phi) is 2.65. The Morgan fingerprint density at radius 3 is 2.70 bits per heavy atom. The molecule has 2 unspecified atom stereocenters. The monoisotopic (exact) mass is 143 g/mol. The fourth-order valence-corrected chi connectivity index (χ4v) is 1.51. The highest BCUT2D eigenvalue weighted by Crippen LogP contribution is 2.13. The van der Waals surface area contributed by atoms with Gasteiger partial charge in [0, 0.05) is 31.7 Å². The first kappa shape index (κ1) is 7.98. The first-order chi connectivity index (χ1) is 4.75. The minimum Gasteiger partial charge on any atom is -0.329 e. The molecule has 1 rings (SSSR count). The summed E-state index contributed by atoms with van der Waals surface area (Å²) >= 11 is 0. The first-order valence-corrected chi connectivity index (χ1v) is 3.95. The third-order valence-electron chi connectivity index (χ3n) is 2.36. The molecule has 0 bridgehead atoms. The Morgan fingerprint density at radius 1 is 1.60 bits per heavy atom. The van der Waals surface area contributed by atoms with Gasteiger partial charge in [0.1, 0.15) is 0 Å². The van der Waals surface area contributed by atoms with Crippen LogP contribution in [-0.4, -0.2) is 36.6 Å². The summed E-state index contributed by atoms with van der Waals surface area (Å²) in [5, 5.41) is 0. The molecule has 0 amide bonds.